The summed E-state index contributed by atoms with van der Waals surface area (Å²) in [5, 5.41) is 9.50. The average molecular weight is 510 g/mol. The van der Waals surface area contributed by atoms with Crippen molar-refractivity contribution in [3.63, 3.8) is 0 Å². The van der Waals surface area contributed by atoms with Crippen molar-refractivity contribution in [2.45, 2.75) is 31.6 Å². The molecule has 7 heteroatoms. The molecule has 3 N–H and O–H groups in total. The Hall–Kier alpha value is -2.16. The van der Waals surface area contributed by atoms with E-state index in [1.165, 1.54) is 6.07 Å². The van der Waals surface area contributed by atoms with Gasteiger partial charge in [-0.2, -0.15) is 0 Å². The largest absolute Gasteiger partial charge is 0.356 e. The lowest BCUT2D eigenvalue weighted by molar-refractivity contribution is -0.116. The number of nitrogens with one attached hydrogen (secondary N) is 3. The number of anilines is 1. The topological polar surface area (TPSA) is 65.5 Å². The Morgan fingerprint density at radius 2 is 1.86 bits per heavy atom. The van der Waals surface area contributed by atoms with Gasteiger partial charge in [-0.3, -0.25) is 9.79 Å². The van der Waals surface area contributed by atoms with E-state index in [2.05, 4.69) is 20.9 Å². The van der Waals surface area contributed by atoms with Crippen LogP contribution in [0.15, 0.2) is 53.5 Å². The molecule has 0 aliphatic carbocycles. The molecular weight excluding hydrogens is 482 g/mol. The molecule has 5 nitrogen and oxygen atoms in total. The third kappa shape index (κ3) is 5.68. The van der Waals surface area contributed by atoms with E-state index in [-0.39, 0.29) is 41.6 Å². The predicted molar refractivity (Wildman–Crippen MR) is 127 cm³/mol. The molecule has 3 rings (SSSR count). The molecule has 0 saturated carbocycles. The predicted octanol–water partition coefficient (Wildman–Crippen LogP) is 4.01. The number of halogens is 2. The summed E-state index contributed by atoms with van der Waals surface area (Å²) in [4.78, 5) is 16.2. The summed E-state index contributed by atoms with van der Waals surface area (Å²) in [6.07, 6.45) is 0.432. The summed E-state index contributed by atoms with van der Waals surface area (Å²) in [6.45, 7) is 5.10. The highest BCUT2D eigenvalue weighted by atomic mass is 127. The minimum Gasteiger partial charge on any atom is -0.356 e. The number of carbonyl (C=O) groups excluding carboxylic acids is 1. The zero-order valence-corrected chi connectivity index (χ0v) is 19.3. The number of hydrogen-bond acceptors (Lipinski definition) is 2. The Labute approximate surface area is 188 Å². The van der Waals surface area contributed by atoms with E-state index in [0.717, 1.165) is 11.3 Å². The van der Waals surface area contributed by atoms with Gasteiger partial charge in [0.1, 0.15) is 5.82 Å². The number of amides is 1. The molecule has 0 saturated heterocycles. The van der Waals surface area contributed by atoms with E-state index in [0.29, 0.717) is 31.0 Å². The number of fused-ring (bicyclic) bond motifs is 1. The van der Waals surface area contributed by atoms with Crippen molar-refractivity contribution in [3.05, 3.63) is 65.5 Å². The van der Waals surface area contributed by atoms with Crippen molar-refractivity contribution < 1.29 is 9.18 Å². The SMILES string of the molecule is CN=C(NCC1CC(=O)Nc2ccccc21)NCC(C)(C)c1ccccc1F.I. The van der Waals surface area contributed by atoms with Crippen LogP contribution in [-0.4, -0.2) is 32.0 Å². The van der Waals surface area contributed by atoms with Crippen LogP contribution >= 0.6 is 24.0 Å². The first-order valence-corrected chi connectivity index (χ1v) is 9.49. The van der Waals surface area contributed by atoms with Gasteiger partial charge in [-0.05, 0) is 23.3 Å². The third-order valence-corrected chi connectivity index (χ3v) is 5.15. The van der Waals surface area contributed by atoms with Crippen LogP contribution in [0.25, 0.3) is 0 Å². The van der Waals surface area contributed by atoms with Crippen LogP contribution in [0.4, 0.5) is 10.1 Å². The van der Waals surface area contributed by atoms with Crippen LogP contribution in [0.1, 0.15) is 37.3 Å². The van der Waals surface area contributed by atoms with E-state index in [9.17, 15) is 9.18 Å². The third-order valence-electron chi connectivity index (χ3n) is 5.15. The highest BCUT2D eigenvalue weighted by Crippen LogP contribution is 2.31. The van der Waals surface area contributed by atoms with Crippen LogP contribution in [0.5, 0.6) is 0 Å². The van der Waals surface area contributed by atoms with Gasteiger partial charge in [-0.1, -0.05) is 50.2 Å². The highest BCUT2D eigenvalue weighted by Gasteiger charge is 2.26. The van der Waals surface area contributed by atoms with E-state index in [1.54, 1.807) is 13.1 Å². The van der Waals surface area contributed by atoms with Crippen LogP contribution in [0, 0.1) is 5.82 Å². The van der Waals surface area contributed by atoms with Crippen LogP contribution in [0.2, 0.25) is 0 Å². The lowest BCUT2D eigenvalue weighted by Crippen LogP contribution is -2.45. The molecular formula is C22H28FIN4O. The second-order valence-corrected chi connectivity index (χ2v) is 7.71. The monoisotopic (exact) mass is 510 g/mol. The maximum atomic E-state index is 14.1. The van der Waals surface area contributed by atoms with Crippen molar-refractivity contribution in [3.8, 4) is 0 Å². The van der Waals surface area contributed by atoms with Crippen LogP contribution < -0.4 is 16.0 Å². The second-order valence-electron chi connectivity index (χ2n) is 7.71. The summed E-state index contributed by atoms with van der Waals surface area (Å²) < 4.78 is 14.1. The summed E-state index contributed by atoms with van der Waals surface area (Å²) in [7, 11) is 1.70. The van der Waals surface area contributed by atoms with Gasteiger partial charge in [0.05, 0.1) is 0 Å². The van der Waals surface area contributed by atoms with Crippen LogP contribution in [-0.2, 0) is 10.2 Å². The standard InChI is InChI=1S/C22H27FN4O.HI/c1-22(2,17-9-5-6-10-18(17)23)14-26-21(24-3)25-13-15-12-20(28)27-19-11-7-4-8-16(15)19;/h4-11,15H,12-14H2,1-3H3,(H,27,28)(H2,24,25,26);1H. The lowest BCUT2D eigenvalue weighted by Gasteiger charge is -2.29. The smallest absolute Gasteiger partial charge is 0.225 e. The maximum absolute atomic E-state index is 14.1. The fourth-order valence-corrected chi connectivity index (χ4v) is 3.53. The van der Waals surface area contributed by atoms with Crippen molar-refractivity contribution >= 4 is 41.5 Å². The molecule has 2 aromatic rings. The Morgan fingerprint density at radius 1 is 1.17 bits per heavy atom. The Balaban J connectivity index is 0.00000300. The summed E-state index contributed by atoms with van der Waals surface area (Å²) >= 11 is 0. The molecule has 1 unspecified atom stereocenters. The number of carbonyl (C=O) groups is 1. The lowest BCUT2D eigenvalue weighted by atomic mass is 9.84. The number of benzene rings is 2. The molecule has 0 radical (unpaired) electrons. The van der Waals surface area contributed by atoms with Crippen molar-refractivity contribution in [2.75, 3.05) is 25.5 Å². The molecule has 2 aromatic carbocycles. The molecule has 0 bridgehead atoms. The minimum absolute atomic E-state index is 0. The number of para-hydroxylation sites is 1. The van der Waals surface area contributed by atoms with Crippen molar-refractivity contribution in [1.82, 2.24) is 10.6 Å². The molecule has 1 amide bonds. The minimum atomic E-state index is -0.402. The van der Waals surface area contributed by atoms with E-state index in [1.807, 2.05) is 50.2 Å². The summed E-state index contributed by atoms with van der Waals surface area (Å²) in [5.41, 5.74) is 2.25. The summed E-state index contributed by atoms with van der Waals surface area (Å²) in [6, 6.07) is 14.7. The van der Waals surface area contributed by atoms with Crippen molar-refractivity contribution in [1.29, 1.82) is 0 Å². The maximum Gasteiger partial charge on any atom is 0.225 e. The summed E-state index contributed by atoms with van der Waals surface area (Å²) in [5.74, 6) is 0.521. The second kappa shape index (κ2) is 10.0. The molecule has 29 heavy (non-hydrogen) atoms. The molecule has 1 aliphatic rings. The van der Waals surface area contributed by atoms with E-state index in [4.69, 9.17) is 0 Å². The van der Waals surface area contributed by atoms with Gasteiger partial charge in [0.15, 0.2) is 5.96 Å². The quantitative estimate of drug-likeness (QED) is 0.324. The number of guanidine groups is 1. The van der Waals surface area contributed by atoms with Gasteiger partial charge >= 0.3 is 0 Å². The van der Waals surface area contributed by atoms with E-state index >= 15 is 0 Å². The molecule has 156 valence electrons. The molecule has 1 atom stereocenters. The first-order chi connectivity index (χ1) is 13.4. The first-order valence-electron chi connectivity index (χ1n) is 9.49. The first kappa shape index (κ1) is 23.1. The van der Waals surface area contributed by atoms with E-state index < -0.39 is 5.41 Å². The molecule has 1 aliphatic heterocycles. The Morgan fingerprint density at radius 3 is 2.59 bits per heavy atom. The number of hydrogen-bond donors (Lipinski definition) is 3. The molecule has 1 heterocycles. The number of aliphatic imine (C=N–C) groups is 1. The molecule has 0 fully saturated rings. The number of nitrogens with zero attached hydrogens (tertiary/aromatic N) is 1. The fraction of sp³-hybridized carbons (Fsp3) is 0.364. The molecule has 0 aromatic heterocycles. The number of rotatable bonds is 5. The Bertz CT molecular complexity index is 885. The Kier molecular flexibility index (Phi) is 8.01. The van der Waals surface area contributed by atoms with Crippen molar-refractivity contribution in [2.24, 2.45) is 4.99 Å². The van der Waals surface area contributed by atoms with Gasteiger partial charge in [0.25, 0.3) is 0 Å². The van der Waals surface area contributed by atoms with Gasteiger partial charge in [-0.15, -0.1) is 24.0 Å². The zero-order chi connectivity index (χ0) is 20.1. The normalized spacial score (nSPS) is 16.3. The van der Waals surface area contributed by atoms with Gasteiger partial charge in [0.2, 0.25) is 5.91 Å². The fourth-order valence-electron chi connectivity index (χ4n) is 3.53. The van der Waals surface area contributed by atoms with Gasteiger partial charge < -0.3 is 16.0 Å². The van der Waals surface area contributed by atoms with Gasteiger partial charge in [-0.25, -0.2) is 4.39 Å². The molecule has 0 spiro atoms. The highest BCUT2D eigenvalue weighted by molar-refractivity contribution is 14.0. The zero-order valence-electron chi connectivity index (χ0n) is 17.0. The van der Waals surface area contributed by atoms with Gasteiger partial charge in [0, 0.05) is 43.6 Å². The average Bonchev–Trinajstić information content (AvgIpc) is 2.68. The van der Waals surface area contributed by atoms with Crippen LogP contribution in [0.3, 0.4) is 0 Å².